The number of amides is 1. The largest absolute Gasteiger partial charge is 0.456 e. The summed E-state index contributed by atoms with van der Waals surface area (Å²) in [5.41, 5.74) is 8.56. The van der Waals surface area contributed by atoms with Crippen LogP contribution in [0.2, 0.25) is 0 Å². The summed E-state index contributed by atoms with van der Waals surface area (Å²) in [6.45, 7) is 12.1. The van der Waals surface area contributed by atoms with Gasteiger partial charge in [-0.15, -0.1) is 0 Å². The Labute approximate surface area is 147 Å². The molecule has 0 unspecified atom stereocenters. The van der Waals surface area contributed by atoms with Crippen LogP contribution >= 0.6 is 0 Å². The summed E-state index contributed by atoms with van der Waals surface area (Å²) < 4.78 is 10.5. The number of nitrogens with zero attached hydrogens (tertiary/aromatic N) is 3. The van der Waals surface area contributed by atoms with Crippen molar-refractivity contribution in [1.29, 1.82) is 0 Å². The van der Waals surface area contributed by atoms with Crippen molar-refractivity contribution in [3.05, 3.63) is 33.7 Å². The third kappa shape index (κ3) is 6.73. The van der Waals surface area contributed by atoms with Gasteiger partial charge >= 0.3 is 12.1 Å². The Morgan fingerprint density at radius 2 is 1.64 bits per heavy atom. The summed E-state index contributed by atoms with van der Waals surface area (Å²) >= 11 is 0. The van der Waals surface area contributed by atoms with Crippen molar-refractivity contribution >= 4 is 23.4 Å². The summed E-state index contributed by atoms with van der Waals surface area (Å²) in [7, 11) is 0. The Bertz CT molecular complexity index is 723. The number of carbonyl (C=O) groups is 2. The molecule has 0 aromatic heterocycles. The van der Waals surface area contributed by atoms with Gasteiger partial charge in [0.2, 0.25) is 0 Å². The van der Waals surface area contributed by atoms with Crippen molar-refractivity contribution < 1.29 is 19.1 Å². The van der Waals surface area contributed by atoms with Crippen LogP contribution in [0, 0.1) is 6.92 Å². The molecule has 0 bridgehead atoms. The Balaban J connectivity index is 3.25. The Hall–Kier alpha value is -2.73. The molecule has 0 aliphatic rings. The lowest BCUT2D eigenvalue weighted by Gasteiger charge is -2.22. The van der Waals surface area contributed by atoms with Gasteiger partial charge in [0.05, 0.1) is 5.56 Å². The van der Waals surface area contributed by atoms with Crippen LogP contribution in [0.3, 0.4) is 0 Å². The molecule has 136 valence electrons. The first-order chi connectivity index (χ1) is 11.3. The van der Waals surface area contributed by atoms with E-state index in [1.165, 1.54) is 12.1 Å². The van der Waals surface area contributed by atoms with Crippen molar-refractivity contribution in [1.82, 2.24) is 0 Å². The molecule has 1 aromatic carbocycles. The first kappa shape index (κ1) is 20.3. The number of nitrogens with one attached hydrogen (secondary N) is 1. The van der Waals surface area contributed by atoms with E-state index in [0.717, 1.165) is 0 Å². The monoisotopic (exact) mass is 348 g/mol. The topological polar surface area (TPSA) is 113 Å². The lowest BCUT2D eigenvalue weighted by atomic mass is 10.1. The number of anilines is 1. The molecule has 1 amide bonds. The second kappa shape index (κ2) is 7.44. The molecular formula is C17H24N4O4. The van der Waals surface area contributed by atoms with Gasteiger partial charge < -0.3 is 9.47 Å². The fourth-order valence-electron chi connectivity index (χ4n) is 1.85. The lowest BCUT2D eigenvalue weighted by Crippen LogP contribution is -2.27. The fraction of sp³-hybridized carbons (Fsp3) is 0.529. The molecule has 25 heavy (non-hydrogen) atoms. The van der Waals surface area contributed by atoms with E-state index in [-0.39, 0.29) is 11.3 Å². The molecule has 1 aromatic rings. The Morgan fingerprint density at radius 1 is 1.08 bits per heavy atom. The maximum Gasteiger partial charge on any atom is 0.412 e. The normalized spacial score (nSPS) is 11.3. The smallest absolute Gasteiger partial charge is 0.412 e. The summed E-state index contributed by atoms with van der Waals surface area (Å²) in [5.74, 6) is -0.589. The molecule has 0 aliphatic heterocycles. The van der Waals surface area contributed by atoms with Gasteiger partial charge in [-0.05, 0) is 71.7 Å². The van der Waals surface area contributed by atoms with Gasteiger partial charge in [-0.2, -0.15) is 0 Å². The van der Waals surface area contributed by atoms with Crippen molar-refractivity contribution in [2.45, 2.75) is 59.7 Å². The number of azide groups is 1. The number of esters is 1. The average molecular weight is 348 g/mol. The highest BCUT2D eigenvalue weighted by Crippen LogP contribution is 2.30. The summed E-state index contributed by atoms with van der Waals surface area (Å²) in [6, 6.07) is 2.88. The minimum atomic E-state index is -0.681. The van der Waals surface area contributed by atoms with Crippen molar-refractivity contribution in [3.8, 4) is 0 Å². The zero-order chi connectivity index (χ0) is 19.4. The maximum atomic E-state index is 12.3. The first-order valence-corrected chi connectivity index (χ1v) is 7.75. The molecule has 1 rings (SSSR count). The zero-order valence-electron chi connectivity index (χ0n) is 15.6. The molecule has 0 saturated heterocycles. The molecule has 0 saturated carbocycles. The van der Waals surface area contributed by atoms with E-state index in [2.05, 4.69) is 15.3 Å². The standard InChI is InChI=1S/C17H24N4O4/c1-10-12(19-15(23)25-17(5,6)7)8-11(9-13(10)20-21-18)14(22)24-16(2,3)4/h8-9H,1-7H3,(H,19,23). The minimum Gasteiger partial charge on any atom is -0.456 e. The van der Waals surface area contributed by atoms with E-state index in [1.54, 1.807) is 48.5 Å². The van der Waals surface area contributed by atoms with E-state index in [4.69, 9.17) is 15.0 Å². The van der Waals surface area contributed by atoms with Crippen LogP contribution in [0.4, 0.5) is 16.2 Å². The summed E-state index contributed by atoms with van der Waals surface area (Å²) in [4.78, 5) is 27.1. The quantitative estimate of drug-likeness (QED) is 0.348. The van der Waals surface area contributed by atoms with Crippen LogP contribution in [0.1, 0.15) is 57.5 Å². The average Bonchev–Trinajstić information content (AvgIpc) is 2.39. The number of hydrogen-bond donors (Lipinski definition) is 1. The Kier molecular flexibility index (Phi) is 6.05. The van der Waals surface area contributed by atoms with E-state index < -0.39 is 23.3 Å². The van der Waals surface area contributed by atoms with E-state index >= 15 is 0 Å². The molecule has 0 atom stereocenters. The summed E-state index contributed by atoms with van der Waals surface area (Å²) in [5, 5.41) is 6.14. The van der Waals surface area contributed by atoms with Crippen LogP contribution in [0.25, 0.3) is 10.4 Å². The number of benzene rings is 1. The van der Waals surface area contributed by atoms with Gasteiger partial charge in [0.25, 0.3) is 0 Å². The van der Waals surface area contributed by atoms with Gasteiger partial charge in [0, 0.05) is 16.3 Å². The Morgan fingerprint density at radius 3 is 2.12 bits per heavy atom. The van der Waals surface area contributed by atoms with Crippen molar-refractivity contribution in [2.24, 2.45) is 5.11 Å². The highest BCUT2D eigenvalue weighted by Gasteiger charge is 2.21. The summed E-state index contributed by atoms with van der Waals surface area (Å²) in [6.07, 6.45) is -0.677. The fourth-order valence-corrected chi connectivity index (χ4v) is 1.85. The van der Waals surface area contributed by atoms with E-state index in [9.17, 15) is 9.59 Å². The van der Waals surface area contributed by atoms with E-state index in [1.807, 2.05) is 0 Å². The van der Waals surface area contributed by atoms with Gasteiger partial charge in [0.1, 0.15) is 11.2 Å². The molecule has 8 heteroatoms. The van der Waals surface area contributed by atoms with E-state index in [0.29, 0.717) is 11.3 Å². The molecule has 8 nitrogen and oxygen atoms in total. The molecule has 0 aliphatic carbocycles. The second-order valence-electron chi connectivity index (χ2n) is 7.49. The highest BCUT2D eigenvalue weighted by atomic mass is 16.6. The lowest BCUT2D eigenvalue weighted by molar-refractivity contribution is 0.00692. The molecule has 0 spiro atoms. The van der Waals surface area contributed by atoms with Crippen LogP contribution < -0.4 is 5.32 Å². The zero-order valence-corrected chi connectivity index (χ0v) is 15.6. The predicted octanol–water partition coefficient (Wildman–Crippen LogP) is 5.24. The van der Waals surface area contributed by atoms with Crippen molar-refractivity contribution in [2.75, 3.05) is 5.32 Å². The second-order valence-corrected chi connectivity index (χ2v) is 7.49. The third-order valence-corrected chi connectivity index (χ3v) is 2.80. The molecule has 0 heterocycles. The van der Waals surface area contributed by atoms with Crippen LogP contribution in [0.15, 0.2) is 17.2 Å². The molecule has 0 fully saturated rings. The minimum absolute atomic E-state index is 0.161. The van der Waals surface area contributed by atoms with Gasteiger partial charge in [-0.1, -0.05) is 5.11 Å². The van der Waals surface area contributed by atoms with Crippen LogP contribution in [-0.2, 0) is 9.47 Å². The number of carbonyl (C=O) groups excluding carboxylic acids is 2. The van der Waals surface area contributed by atoms with Crippen LogP contribution in [0.5, 0.6) is 0 Å². The number of hydrogen-bond acceptors (Lipinski definition) is 5. The first-order valence-electron chi connectivity index (χ1n) is 7.75. The molecule has 0 radical (unpaired) electrons. The number of rotatable bonds is 3. The SMILES string of the molecule is Cc1c(N=[N+]=[N-])cc(C(=O)OC(C)(C)C)cc1NC(=O)OC(C)(C)C. The number of ether oxygens (including phenoxy) is 2. The van der Waals surface area contributed by atoms with Crippen molar-refractivity contribution in [3.63, 3.8) is 0 Å². The maximum absolute atomic E-state index is 12.3. The molecule has 1 N–H and O–H groups in total. The predicted molar refractivity (Wildman–Crippen MR) is 95.0 cm³/mol. The third-order valence-electron chi connectivity index (χ3n) is 2.80. The van der Waals surface area contributed by atoms with Gasteiger partial charge in [0.15, 0.2) is 0 Å². The van der Waals surface area contributed by atoms with Crippen LogP contribution in [-0.4, -0.2) is 23.3 Å². The van der Waals surface area contributed by atoms with Gasteiger partial charge in [-0.25, -0.2) is 9.59 Å². The highest BCUT2D eigenvalue weighted by molar-refractivity contribution is 5.95. The van der Waals surface area contributed by atoms with Gasteiger partial charge in [-0.3, -0.25) is 5.32 Å². The molecular weight excluding hydrogens is 324 g/mol.